The van der Waals surface area contributed by atoms with Gasteiger partial charge < -0.3 is 16.6 Å². The number of primary amides is 2. The summed E-state index contributed by atoms with van der Waals surface area (Å²) in [5.74, 6) is -2.13. The first-order chi connectivity index (χ1) is 8.81. The molecular formula is C12H16FN3O3. The van der Waals surface area contributed by atoms with E-state index in [1.807, 2.05) is 0 Å². The first kappa shape index (κ1) is 14.9. The number of benzene rings is 1. The molecule has 6 nitrogen and oxygen atoms in total. The molecule has 0 fully saturated rings. The summed E-state index contributed by atoms with van der Waals surface area (Å²) in [7, 11) is 0. The molecule has 104 valence electrons. The van der Waals surface area contributed by atoms with E-state index in [0.717, 1.165) is 6.07 Å². The monoisotopic (exact) mass is 269 g/mol. The number of rotatable bonds is 6. The second kappa shape index (κ2) is 6.14. The number of phenols is 1. The molecule has 0 aromatic heterocycles. The lowest BCUT2D eigenvalue weighted by Gasteiger charge is -2.27. The third kappa shape index (κ3) is 4.22. The molecule has 19 heavy (non-hydrogen) atoms. The number of amides is 2. The summed E-state index contributed by atoms with van der Waals surface area (Å²) in [6.07, 6.45) is 0. The Bertz CT molecular complexity index is 477. The Kier molecular flexibility index (Phi) is 4.82. The number of carbonyl (C=O) groups is 2. The molecule has 7 heteroatoms. The number of nitrogens with zero attached hydrogens (tertiary/aromatic N) is 1. The van der Waals surface area contributed by atoms with Crippen LogP contribution in [0.2, 0.25) is 0 Å². The number of carbonyl (C=O) groups excluding carboxylic acids is 2. The molecule has 0 saturated carbocycles. The van der Waals surface area contributed by atoms with Crippen LogP contribution < -0.4 is 11.5 Å². The highest BCUT2D eigenvalue weighted by molar-refractivity contribution is 5.79. The van der Waals surface area contributed by atoms with Crippen LogP contribution in [-0.2, 0) is 9.59 Å². The lowest BCUT2D eigenvalue weighted by atomic mass is 10.1. The van der Waals surface area contributed by atoms with Gasteiger partial charge in [-0.2, -0.15) is 0 Å². The quantitative estimate of drug-likeness (QED) is 0.668. The van der Waals surface area contributed by atoms with Gasteiger partial charge in [0, 0.05) is 17.7 Å². The van der Waals surface area contributed by atoms with Crippen molar-refractivity contribution in [3.8, 4) is 5.75 Å². The second-order valence-electron chi connectivity index (χ2n) is 4.22. The number of nitrogens with two attached hydrogens (primary N) is 2. The van der Waals surface area contributed by atoms with Crippen LogP contribution in [0.3, 0.4) is 0 Å². The molecule has 0 heterocycles. The van der Waals surface area contributed by atoms with Crippen LogP contribution in [0.15, 0.2) is 18.2 Å². The van der Waals surface area contributed by atoms with Crippen molar-refractivity contribution in [1.29, 1.82) is 0 Å². The fraction of sp³-hybridized carbons (Fsp3) is 0.333. The Morgan fingerprint density at radius 2 is 1.84 bits per heavy atom. The van der Waals surface area contributed by atoms with Gasteiger partial charge in [0.15, 0.2) is 0 Å². The van der Waals surface area contributed by atoms with E-state index >= 15 is 0 Å². The van der Waals surface area contributed by atoms with E-state index in [1.54, 1.807) is 6.92 Å². The molecule has 2 amide bonds. The fourth-order valence-corrected chi connectivity index (χ4v) is 1.78. The molecule has 5 N–H and O–H groups in total. The summed E-state index contributed by atoms with van der Waals surface area (Å²) in [6, 6.07) is 3.07. The molecule has 0 spiro atoms. The van der Waals surface area contributed by atoms with E-state index in [-0.39, 0.29) is 24.4 Å². The van der Waals surface area contributed by atoms with Gasteiger partial charge >= 0.3 is 0 Å². The van der Waals surface area contributed by atoms with E-state index in [4.69, 9.17) is 16.6 Å². The molecule has 0 aliphatic heterocycles. The number of halogens is 1. The number of phenolic OH excluding ortho intramolecular Hbond substituents is 1. The molecular weight excluding hydrogens is 253 g/mol. The zero-order valence-corrected chi connectivity index (χ0v) is 10.5. The molecule has 0 bridgehead atoms. The Labute approximate surface area is 109 Å². The van der Waals surface area contributed by atoms with Crippen LogP contribution in [0.4, 0.5) is 4.39 Å². The van der Waals surface area contributed by atoms with Crippen LogP contribution in [-0.4, -0.2) is 34.9 Å². The maximum absolute atomic E-state index is 13.7. The van der Waals surface area contributed by atoms with Gasteiger partial charge in [-0.1, -0.05) is 6.07 Å². The number of aromatic hydroxyl groups is 1. The Balaban J connectivity index is 3.00. The predicted octanol–water partition coefficient (Wildman–Crippen LogP) is -0.135. The smallest absolute Gasteiger partial charge is 0.231 e. The van der Waals surface area contributed by atoms with Crippen molar-refractivity contribution in [1.82, 2.24) is 4.90 Å². The van der Waals surface area contributed by atoms with Crippen LogP contribution in [0, 0.1) is 5.82 Å². The Morgan fingerprint density at radius 1 is 1.32 bits per heavy atom. The highest BCUT2D eigenvalue weighted by Crippen LogP contribution is 2.25. The van der Waals surface area contributed by atoms with Crippen molar-refractivity contribution in [2.45, 2.75) is 13.0 Å². The highest BCUT2D eigenvalue weighted by Gasteiger charge is 2.22. The molecule has 0 aliphatic rings. The minimum absolute atomic E-state index is 0.204. The van der Waals surface area contributed by atoms with Crippen LogP contribution >= 0.6 is 0 Å². The Morgan fingerprint density at radius 3 is 2.26 bits per heavy atom. The topological polar surface area (TPSA) is 110 Å². The third-order valence-electron chi connectivity index (χ3n) is 2.70. The number of hydrogen-bond acceptors (Lipinski definition) is 4. The molecule has 0 saturated heterocycles. The van der Waals surface area contributed by atoms with Crippen molar-refractivity contribution >= 4 is 11.8 Å². The highest BCUT2D eigenvalue weighted by atomic mass is 19.1. The van der Waals surface area contributed by atoms with Crippen LogP contribution in [0.25, 0.3) is 0 Å². The first-order valence-electron chi connectivity index (χ1n) is 5.60. The van der Waals surface area contributed by atoms with E-state index in [9.17, 15) is 14.0 Å². The minimum atomic E-state index is -0.646. The molecule has 0 radical (unpaired) electrons. The lowest BCUT2D eigenvalue weighted by molar-refractivity contribution is -0.122. The summed E-state index contributed by atoms with van der Waals surface area (Å²) in [4.78, 5) is 23.3. The van der Waals surface area contributed by atoms with Gasteiger partial charge in [0.2, 0.25) is 11.8 Å². The maximum Gasteiger partial charge on any atom is 0.231 e. The molecule has 1 unspecified atom stereocenters. The standard InChI is InChI=1S/C12H16FN3O3/c1-7(9-3-2-8(17)4-10(9)13)16(5-11(14)18)6-12(15)19/h2-4,7,17H,5-6H2,1H3,(H2,14,18)(H2,15,19). The van der Waals surface area contributed by atoms with Crippen molar-refractivity contribution in [2.24, 2.45) is 11.5 Å². The number of hydrogen-bond donors (Lipinski definition) is 3. The molecule has 1 aromatic carbocycles. The molecule has 1 rings (SSSR count). The van der Waals surface area contributed by atoms with Crippen molar-refractivity contribution < 1.29 is 19.1 Å². The lowest BCUT2D eigenvalue weighted by Crippen LogP contribution is -2.41. The minimum Gasteiger partial charge on any atom is -0.508 e. The van der Waals surface area contributed by atoms with Crippen LogP contribution in [0.1, 0.15) is 18.5 Å². The fourth-order valence-electron chi connectivity index (χ4n) is 1.78. The van der Waals surface area contributed by atoms with Crippen molar-refractivity contribution in [2.75, 3.05) is 13.1 Å². The average Bonchev–Trinajstić information content (AvgIpc) is 2.26. The van der Waals surface area contributed by atoms with E-state index < -0.39 is 23.7 Å². The van der Waals surface area contributed by atoms with Gasteiger partial charge in [-0.25, -0.2) is 4.39 Å². The summed E-state index contributed by atoms with van der Waals surface area (Å²) >= 11 is 0. The summed E-state index contributed by atoms with van der Waals surface area (Å²) in [6.45, 7) is 1.18. The van der Waals surface area contributed by atoms with Gasteiger partial charge in [0.1, 0.15) is 11.6 Å². The Hall–Kier alpha value is -2.15. The summed E-state index contributed by atoms with van der Waals surface area (Å²) in [5, 5.41) is 9.15. The predicted molar refractivity (Wildman–Crippen MR) is 66.4 cm³/mol. The average molecular weight is 269 g/mol. The van der Waals surface area contributed by atoms with Gasteiger partial charge in [-0.05, 0) is 13.0 Å². The molecule has 1 atom stereocenters. The molecule has 1 aromatic rings. The first-order valence-corrected chi connectivity index (χ1v) is 5.60. The maximum atomic E-state index is 13.7. The van der Waals surface area contributed by atoms with Crippen molar-refractivity contribution in [3.05, 3.63) is 29.6 Å². The summed E-state index contributed by atoms with van der Waals surface area (Å²) < 4.78 is 13.7. The largest absolute Gasteiger partial charge is 0.508 e. The van der Waals surface area contributed by atoms with Gasteiger partial charge in [0.25, 0.3) is 0 Å². The van der Waals surface area contributed by atoms with E-state index in [0.29, 0.717) is 0 Å². The zero-order valence-electron chi connectivity index (χ0n) is 10.5. The van der Waals surface area contributed by atoms with Gasteiger partial charge in [-0.15, -0.1) is 0 Å². The SMILES string of the molecule is CC(c1ccc(O)cc1F)N(CC(N)=O)CC(N)=O. The third-order valence-corrected chi connectivity index (χ3v) is 2.70. The zero-order chi connectivity index (χ0) is 14.6. The van der Waals surface area contributed by atoms with Crippen molar-refractivity contribution in [3.63, 3.8) is 0 Å². The second-order valence-corrected chi connectivity index (χ2v) is 4.22. The van der Waals surface area contributed by atoms with E-state index in [2.05, 4.69) is 0 Å². The van der Waals surface area contributed by atoms with Crippen LogP contribution in [0.5, 0.6) is 5.75 Å². The molecule has 0 aliphatic carbocycles. The van der Waals surface area contributed by atoms with Gasteiger partial charge in [-0.3, -0.25) is 14.5 Å². The normalized spacial score (nSPS) is 12.4. The summed E-state index contributed by atoms with van der Waals surface area (Å²) in [5.41, 5.74) is 10.4. The van der Waals surface area contributed by atoms with Gasteiger partial charge in [0.05, 0.1) is 13.1 Å². The van der Waals surface area contributed by atoms with E-state index in [1.165, 1.54) is 17.0 Å².